The molecule has 0 fully saturated rings. The Bertz CT molecular complexity index is 1110. The number of nitrogens with zero attached hydrogens (tertiary/aromatic N) is 2. The van der Waals surface area contributed by atoms with Gasteiger partial charge >= 0.3 is 0 Å². The summed E-state index contributed by atoms with van der Waals surface area (Å²) in [5.41, 5.74) is 3.88. The van der Waals surface area contributed by atoms with E-state index in [1.807, 2.05) is 0 Å². The summed E-state index contributed by atoms with van der Waals surface area (Å²) < 4.78 is 13.0. The molecule has 2 aromatic carbocycles. The minimum absolute atomic E-state index is 0.0566. The third-order valence-electron chi connectivity index (χ3n) is 4.20. The van der Waals surface area contributed by atoms with Crippen LogP contribution in [0.5, 0.6) is 0 Å². The number of thioether (sulfide) groups is 1. The van der Waals surface area contributed by atoms with Crippen LogP contribution in [-0.4, -0.2) is 21.5 Å². The van der Waals surface area contributed by atoms with Crippen molar-refractivity contribution in [1.29, 1.82) is 0 Å². The molecular formula is C21H15FN2OS2. The highest BCUT2D eigenvalue weighted by Gasteiger charge is 2.15. The lowest BCUT2D eigenvalue weighted by atomic mass is 10.1. The molecule has 0 unspecified atom stereocenters. The van der Waals surface area contributed by atoms with Gasteiger partial charge in [0.15, 0.2) is 5.78 Å². The minimum atomic E-state index is -0.349. The molecule has 3 nitrogen and oxygen atoms in total. The first-order chi connectivity index (χ1) is 13.1. The van der Waals surface area contributed by atoms with Crippen molar-refractivity contribution in [2.45, 2.75) is 11.9 Å². The van der Waals surface area contributed by atoms with E-state index in [4.69, 9.17) is 0 Å². The summed E-state index contributed by atoms with van der Waals surface area (Å²) in [4.78, 5) is 22.1. The summed E-state index contributed by atoms with van der Waals surface area (Å²) in [6.45, 7) is 2.06. The van der Waals surface area contributed by atoms with E-state index in [2.05, 4.69) is 46.5 Å². The predicted octanol–water partition coefficient (Wildman–Crippen LogP) is 5.78. The summed E-state index contributed by atoms with van der Waals surface area (Å²) in [7, 11) is 0. The third kappa shape index (κ3) is 3.77. The fraction of sp³-hybridized carbons (Fsp3) is 0.0952. The molecule has 0 aliphatic rings. The minimum Gasteiger partial charge on any atom is -0.293 e. The van der Waals surface area contributed by atoms with Crippen molar-refractivity contribution >= 4 is 39.1 Å². The molecule has 2 aromatic heterocycles. The molecule has 2 heterocycles. The largest absolute Gasteiger partial charge is 0.293 e. The highest BCUT2D eigenvalue weighted by molar-refractivity contribution is 8.00. The number of hydrogen-bond donors (Lipinski definition) is 0. The van der Waals surface area contributed by atoms with Crippen molar-refractivity contribution in [2.75, 3.05) is 5.75 Å². The zero-order valence-corrected chi connectivity index (χ0v) is 16.1. The van der Waals surface area contributed by atoms with Crippen LogP contribution in [0.15, 0.2) is 65.3 Å². The lowest BCUT2D eigenvalue weighted by molar-refractivity contribution is 0.102. The van der Waals surface area contributed by atoms with Crippen LogP contribution < -0.4 is 0 Å². The zero-order valence-electron chi connectivity index (χ0n) is 14.5. The smallest absolute Gasteiger partial charge is 0.173 e. The first-order valence-corrected chi connectivity index (χ1v) is 10.2. The van der Waals surface area contributed by atoms with E-state index in [1.54, 1.807) is 11.3 Å². The van der Waals surface area contributed by atoms with Gasteiger partial charge in [-0.15, -0.1) is 11.3 Å². The molecule has 0 amide bonds. The molecule has 4 aromatic rings. The van der Waals surface area contributed by atoms with Gasteiger partial charge in [-0.3, -0.25) is 4.79 Å². The first kappa shape index (κ1) is 17.8. The average molecular weight is 394 g/mol. The second kappa shape index (κ2) is 7.58. The second-order valence-corrected chi connectivity index (χ2v) is 7.92. The van der Waals surface area contributed by atoms with Gasteiger partial charge in [-0.25, -0.2) is 14.4 Å². The van der Waals surface area contributed by atoms with E-state index in [1.165, 1.54) is 47.9 Å². The van der Waals surface area contributed by atoms with Crippen molar-refractivity contribution < 1.29 is 9.18 Å². The third-order valence-corrected chi connectivity index (χ3v) is 6.08. The Hall–Kier alpha value is -2.57. The maximum Gasteiger partial charge on any atom is 0.173 e. The summed E-state index contributed by atoms with van der Waals surface area (Å²) in [6, 6.07) is 13.9. The maximum absolute atomic E-state index is 13.0. The van der Waals surface area contributed by atoms with Crippen LogP contribution in [0.1, 0.15) is 15.9 Å². The zero-order chi connectivity index (χ0) is 18.8. The normalized spacial score (nSPS) is 11.0. The summed E-state index contributed by atoms with van der Waals surface area (Å²) in [6.07, 6.45) is 1.53. The lowest BCUT2D eigenvalue weighted by Crippen LogP contribution is -2.02. The first-order valence-electron chi connectivity index (χ1n) is 8.32. The van der Waals surface area contributed by atoms with Crippen LogP contribution in [0.4, 0.5) is 4.39 Å². The number of carbonyl (C=O) groups excluding carboxylic acids is 1. The molecule has 0 aliphatic carbocycles. The van der Waals surface area contributed by atoms with Crippen LogP contribution in [-0.2, 0) is 0 Å². The fourth-order valence-electron chi connectivity index (χ4n) is 2.76. The fourth-order valence-corrected chi connectivity index (χ4v) is 4.64. The number of thiophene rings is 1. The highest BCUT2D eigenvalue weighted by Crippen LogP contribution is 2.38. The quantitative estimate of drug-likeness (QED) is 0.244. The Morgan fingerprint density at radius 2 is 1.81 bits per heavy atom. The van der Waals surface area contributed by atoms with Crippen LogP contribution in [0.3, 0.4) is 0 Å². The summed E-state index contributed by atoms with van der Waals surface area (Å²) in [5.74, 6) is -0.169. The van der Waals surface area contributed by atoms with Gasteiger partial charge in [0.2, 0.25) is 0 Å². The van der Waals surface area contributed by atoms with Crippen LogP contribution >= 0.6 is 23.1 Å². The molecule has 134 valence electrons. The predicted molar refractivity (Wildman–Crippen MR) is 109 cm³/mol. The number of halogens is 1. The lowest BCUT2D eigenvalue weighted by Gasteiger charge is -2.06. The molecule has 0 saturated carbocycles. The number of hydrogen-bond acceptors (Lipinski definition) is 5. The standard InChI is InChI=1S/C21H15FN2OS2/c1-13-2-4-14(5-3-13)17-10-26-20-19(17)21(24-12-23-20)27-11-18(25)15-6-8-16(22)9-7-15/h2-10,12H,11H2,1H3. The van der Waals surface area contributed by atoms with E-state index in [0.717, 1.165) is 26.4 Å². The number of aryl methyl sites for hydroxylation is 1. The summed E-state index contributed by atoms with van der Waals surface area (Å²) >= 11 is 2.95. The van der Waals surface area contributed by atoms with Gasteiger partial charge < -0.3 is 0 Å². The Balaban J connectivity index is 1.64. The second-order valence-electron chi connectivity index (χ2n) is 6.09. The Morgan fingerprint density at radius 3 is 2.56 bits per heavy atom. The van der Waals surface area contributed by atoms with Gasteiger partial charge in [-0.05, 0) is 36.8 Å². The van der Waals surface area contributed by atoms with Gasteiger partial charge in [0.25, 0.3) is 0 Å². The number of aromatic nitrogens is 2. The van der Waals surface area contributed by atoms with Crippen LogP contribution in [0.25, 0.3) is 21.3 Å². The van der Waals surface area contributed by atoms with Gasteiger partial charge in [0.1, 0.15) is 22.0 Å². The Morgan fingerprint density at radius 1 is 1.07 bits per heavy atom. The van der Waals surface area contributed by atoms with E-state index in [9.17, 15) is 9.18 Å². The van der Waals surface area contributed by atoms with Crippen molar-refractivity contribution in [3.05, 3.63) is 77.2 Å². The van der Waals surface area contributed by atoms with Crippen molar-refractivity contribution in [1.82, 2.24) is 9.97 Å². The highest BCUT2D eigenvalue weighted by atomic mass is 32.2. The van der Waals surface area contributed by atoms with Crippen molar-refractivity contribution in [3.63, 3.8) is 0 Å². The molecule has 0 spiro atoms. The van der Waals surface area contributed by atoms with Gasteiger partial charge in [0, 0.05) is 16.5 Å². The van der Waals surface area contributed by atoms with Gasteiger partial charge in [-0.2, -0.15) is 0 Å². The Kier molecular flexibility index (Phi) is 5.01. The topological polar surface area (TPSA) is 42.9 Å². The van der Waals surface area contributed by atoms with E-state index < -0.39 is 0 Å². The number of ketones is 1. The van der Waals surface area contributed by atoms with Gasteiger partial charge in [-0.1, -0.05) is 41.6 Å². The van der Waals surface area contributed by atoms with Crippen molar-refractivity contribution in [2.24, 2.45) is 0 Å². The number of Topliss-reactive ketones (excluding diaryl/α,β-unsaturated/α-hetero) is 1. The number of fused-ring (bicyclic) bond motifs is 1. The maximum atomic E-state index is 13.0. The van der Waals surface area contributed by atoms with Gasteiger partial charge in [0.05, 0.1) is 11.1 Å². The molecule has 4 rings (SSSR count). The molecule has 0 saturated heterocycles. The molecule has 0 atom stereocenters. The molecule has 0 aliphatic heterocycles. The molecular weight excluding hydrogens is 379 g/mol. The number of rotatable bonds is 5. The molecule has 0 bridgehead atoms. The molecule has 27 heavy (non-hydrogen) atoms. The average Bonchev–Trinajstić information content (AvgIpc) is 3.12. The van der Waals surface area contributed by atoms with E-state index in [0.29, 0.717) is 5.56 Å². The van der Waals surface area contributed by atoms with Crippen molar-refractivity contribution in [3.8, 4) is 11.1 Å². The Labute approximate surface area is 164 Å². The number of benzene rings is 2. The molecule has 0 N–H and O–H groups in total. The monoisotopic (exact) mass is 394 g/mol. The number of carbonyl (C=O) groups is 1. The van der Waals surface area contributed by atoms with Crippen LogP contribution in [0.2, 0.25) is 0 Å². The molecule has 6 heteroatoms. The van der Waals surface area contributed by atoms with Crippen LogP contribution in [0, 0.1) is 12.7 Å². The molecule has 0 radical (unpaired) electrons. The van der Waals surface area contributed by atoms with E-state index >= 15 is 0 Å². The SMILES string of the molecule is Cc1ccc(-c2csc3ncnc(SCC(=O)c4ccc(F)cc4)c23)cc1. The van der Waals surface area contributed by atoms with E-state index in [-0.39, 0.29) is 17.4 Å². The summed E-state index contributed by atoms with van der Waals surface area (Å²) in [5, 5.41) is 3.84.